The molecule has 44 heavy (non-hydrogen) atoms. The van der Waals surface area contributed by atoms with Crippen molar-refractivity contribution in [3.63, 3.8) is 0 Å². The van der Waals surface area contributed by atoms with Crippen LogP contribution in [0.25, 0.3) is 0 Å². The van der Waals surface area contributed by atoms with E-state index in [2.05, 4.69) is 16.0 Å². The van der Waals surface area contributed by atoms with Gasteiger partial charge in [0, 0.05) is 25.1 Å². The number of nitrogens with zero attached hydrogens (tertiary/aromatic N) is 1. The first-order valence-electron chi connectivity index (χ1n) is 15.5. The van der Waals surface area contributed by atoms with Gasteiger partial charge in [0.15, 0.2) is 0 Å². The predicted octanol–water partition coefficient (Wildman–Crippen LogP) is 3.95. The van der Waals surface area contributed by atoms with Crippen molar-refractivity contribution in [3.05, 3.63) is 29.8 Å². The van der Waals surface area contributed by atoms with Gasteiger partial charge in [0.25, 0.3) is 0 Å². The maximum absolute atomic E-state index is 13.0. The number of rotatable bonds is 15. The summed E-state index contributed by atoms with van der Waals surface area (Å²) in [6.45, 7) is 15.1. The van der Waals surface area contributed by atoms with Crippen LogP contribution in [0.1, 0.15) is 93.1 Å². The van der Waals surface area contributed by atoms with E-state index in [0.717, 1.165) is 5.56 Å². The standard InChI is InChI=1S/C33H50N4O7/c1-20(2)28(36-26(38)12-10-9-11-17-37-27(39)18-25(31(37)42)33(6,7)8)30(41)34-22(5)29(40)35-24-15-13-23(14-16-24)19-44-32(43)21(3)4/h13-16,20-22,25,28H,9-12,17-19H2,1-8H3,(H,34,41)(H,35,40)(H,36,38)/t22-,25?,28-/m1/s1. The molecule has 1 unspecified atom stereocenters. The summed E-state index contributed by atoms with van der Waals surface area (Å²) >= 11 is 0. The topological polar surface area (TPSA) is 151 Å². The first-order valence-corrected chi connectivity index (χ1v) is 15.5. The molecule has 0 bridgehead atoms. The molecule has 0 radical (unpaired) electrons. The molecule has 1 aliphatic heterocycles. The van der Waals surface area contributed by atoms with Crippen LogP contribution in [0.15, 0.2) is 24.3 Å². The van der Waals surface area contributed by atoms with Gasteiger partial charge in [-0.3, -0.25) is 33.7 Å². The summed E-state index contributed by atoms with van der Waals surface area (Å²) in [6, 6.07) is 5.17. The van der Waals surface area contributed by atoms with Crippen LogP contribution in [0.5, 0.6) is 0 Å². The molecule has 1 aromatic carbocycles. The average Bonchev–Trinajstić information content (AvgIpc) is 3.23. The van der Waals surface area contributed by atoms with E-state index in [1.54, 1.807) is 45.0 Å². The second-order valence-electron chi connectivity index (χ2n) is 13.3. The van der Waals surface area contributed by atoms with E-state index < -0.39 is 23.9 Å². The summed E-state index contributed by atoms with van der Waals surface area (Å²) < 4.78 is 5.20. The van der Waals surface area contributed by atoms with Crippen molar-refractivity contribution >= 4 is 41.2 Å². The maximum atomic E-state index is 13.0. The van der Waals surface area contributed by atoms with Crippen LogP contribution in [0.4, 0.5) is 5.69 Å². The summed E-state index contributed by atoms with van der Waals surface area (Å²) in [5.41, 5.74) is 1.04. The van der Waals surface area contributed by atoms with Crippen molar-refractivity contribution < 1.29 is 33.5 Å². The van der Waals surface area contributed by atoms with Gasteiger partial charge in [0.2, 0.25) is 29.5 Å². The summed E-state index contributed by atoms with van der Waals surface area (Å²) in [6.07, 6.45) is 2.26. The number of likely N-dealkylation sites (tertiary alicyclic amines) is 1. The van der Waals surface area contributed by atoms with E-state index in [-0.39, 0.29) is 66.3 Å². The van der Waals surface area contributed by atoms with E-state index in [4.69, 9.17) is 4.74 Å². The fourth-order valence-electron chi connectivity index (χ4n) is 4.73. The van der Waals surface area contributed by atoms with Crippen LogP contribution in [0.2, 0.25) is 0 Å². The summed E-state index contributed by atoms with van der Waals surface area (Å²) in [5, 5.41) is 8.20. The lowest BCUT2D eigenvalue weighted by atomic mass is 9.80. The predicted molar refractivity (Wildman–Crippen MR) is 167 cm³/mol. The zero-order chi connectivity index (χ0) is 33.2. The fourth-order valence-corrected chi connectivity index (χ4v) is 4.73. The number of carbonyl (C=O) groups excluding carboxylic acids is 6. The molecule has 1 aromatic rings. The Bertz CT molecular complexity index is 1190. The van der Waals surface area contributed by atoms with E-state index >= 15 is 0 Å². The second-order valence-corrected chi connectivity index (χ2v) is 13.3. The average molecular weight is 615 g/mol. The number of hydrogen-bond donors (Lipinski definition) is 3. The lowest BCUT2D eigenvalue weighted by Crippen LogP contribution is -2.53. The zero-order valence-corrected chi connectivity index (χ0v) is 27.5. The van der Waals surface area contributed by atoms with Crippen LogP contribution in [-0.2, 0) is 40.1 Å². The van der Waals surface area contributed by atoms with Crippen LogP contribution < -0.4 is 16.0 Å². The quantitative estimate of drug-likeness (QED) is 0.154. The van der Waals surface area contributed by atoms with Gasteiger partial charge in [-0.05, 0) is 48.8 Å². The third-order valence-electron chi connectivity index (χ3n) is 7.67. The van der Waals surface area contributed by atoms with Crippen molar-refractivity contribution in [3.8, 4) is 0 Å². The van der Waals surface area contributed by atoms with Crippen LogP contribution >= 0.6 is 0 Å². The van der Waals surface area contributed by atoms with Gasteiger partial charge in [0.05, 0.1) is 11.8 Å². The van der Waals surface area contributed by atoms with Crippen LogP contribution in [-0.4, -0.2) is 59.0 Å². The van der Waals surface area contributed by atoms with Gasteiger partial charge in [-0.15, -0.1) is 0 Å². The monoisotopic (exact) mass is 614 g/mol. The molecule has 0 saturated carbocycles. The molecule has 0 aliphatic carbocycles. The highest BCUT2D eigenvalue weighted by Gasteiger charge is 2.44. The Hall–Kier alpha value is -3.76. The van der Waals surface area contributed by atoms with Crippen molar-refractivity contribution in [2.24, 2.45) is 23.2 Å². The minimum atomic E-state index is -0.860. The molecule has 0 aromatic heterocycles. The van der Waals surface area contributed by atoms with Crippen molar-refractivity contribution in [1.29, 1.82) is 0 Å². The van der Waals surface area contributed by atoms with Crippen LogP contribution in [0, 0.1) is 23.2 Å². The number of anilines is 1. The number of hydrogen-bond acceptors (Lipinski definition) is 7. The number of carbonyl (C=O) groups is 6. The largest absolute Gasteiger partial charge is 0.461 e. The highest BCUT2D eigenvalue weighted by Crippen LogP contribution is 2.35. The molecular formula is C33H50N4O7. The highest BCUT2D eigenvalue weighted by atomic mass is 16.5. The Labute approximate surface area is 261 Å². The Morgan fingerprint density at radius 2 is 1.55 bits per heavy atom. The number of benzene rings is 1. The van der Waals surface area contributed by atoms with Gasteiger partial charge < -0.3 is 20.7 Å². The molecule has 1 heterocycles. The molecule has 244 valence electrons. The number of nitrogens with one attached hydrogen (secondary N) is 3. The normalized spacial score (nSPS) is 16.6. The minimum Gasteiger partial charge on any atom is -0.461 e. The summed E-state index contributed by atoms with van der Waals surface area (Å²) in [4.78, 5) is 76.2. The van der Waals surface area contributed by atoms with Crippen molar-refractivity contribution in [1.82, 2.24) is 15.5 Å². The smallest absolute Gasteiger partial charge is 0.308 e. The first-order chi connectivity index (χ1) is 20.5. The number of amides is 5. The summed E-state index contributed by atoms with van der Waals surface area (Å²) in [7, 11) is 0. The van der Waals surface area contributed by atoms with E-state index in [9.17, 15) is 28.8 Å². The molecule has 1 aliphatic rings. The number of unbranched alkanes of at least 4 members (excludes halogenated alkanes) is 2. The van der Waals surface area contributed by atoms with Gasteiger partial charge in [0.1, 0.15) is 18.7 Å². The van der Waals surface area contributed by atoms with Crippen molar-refractivity contribution in [2.75, 3.05) is 11.9 Å². The molecular weight excluding hydrogens is 564 g/mol. The first kappa shape index (κ1) is 36.4. The Balaban J connectivity index is 1.76. The summed E-state index contributed by atoms with van der Waals surface area (Å²) in [5.74, 6) is -2.43. The lowest BCUT2D eigenvalue weighted by molar-refractivity contribution is -0.148. The van der Waals surface area contributed by atoms with Gasteiger partial charge >= 0.3 is 5.97 Å². The maximum Gasteiger partial charge on any atom is 0.308 e. The molecule has 11 nitrogen and oxygen atoms in total. The highest BCUT2D eigenvalue weighted by molar-refractivity contribution is 6.04. The lowest BCUT2D eigenvalue weighted by Gasteiger charge is -2.25. The molecule has 0 spiro atoms. The number of esters is 1. The fraction of sp³-hybridized carbons (Fsp3) is 0.636. The molecule has 11 heteroatoms. The molecule has 3 N–H and O–H groups in total. The van der Waals surface area contributed by atoms with Crippen molar-refractivity contribution in [2.45, 2.75) is 106 Å². The third kappa shape index (κ3) is 11.1. The van der Waals surface area contributed by atoms with Gasteiger partial charge in [-0.25, -0.2) is 0 Å². The van der Waals surface area contributed by atoms with Gasteiger partial charge in [-0.1, -0.05) is 67.0 Å². The van der Waals surface area contributed by atoms with E-state index in [1.165, 1.54) is 4.90 Å². The Morgan fingerprint density at radius 1 is 0.909 bits per heavy atom. The molecule has 1 saturated heterocycles. The van der Waals surface area contributed by atoms with E-state index in [1.807, 2.05) is 34.6 Å². The SMILES string of the molecule is CC(C)C(=O)OCc1ccc(NC(=O)[C@@H](C)NC(=O)[C@H](NC(=O)CCCCCN2C(=O)CC(C(C)(C)C)C2=O)C(C)C)cc1. The Morgan fingerprint density at radius 3 is 2.09 bits per heavy atom. The number of ether oxygens (including phenoxy) is 1. The van der Waals surface area contributed by atoms with Crippen LogP contribution in [0.3, 0.4) is 0 Å². The third-order valence-corrected chi connectivity index (χ3v) is 7.67. The number of imide groups is 1. The van der Waals surface area contributed by atoms with E-state index in [0.29, 0.717) is 31.5 Å². The van der Waals surface area contributed by atoms with Gasteiger partial charge in [-0.2, -0.15) is 0 Å². The second kappa shape index (κ2) is 16.4. The molecule has 2 rings (SSSR count). The molecule has 1 fully saturated rings. The minimum absolute atomic E-state index is 0.117. The molecule has 3 atom stereocenters. The Kier molecular flexibility index (Phi) is 13.5. The molecule has 5 amide bonds. The zero-order valence-electron chi connectivity index (χ0n) is 27.5.